The van der Waals surface area contributed by atoms with Crippen molar-refractivity contribution in [2.45, 2.75) is 0 Å². The van der Waals surface area contributed by atoms with E-state index in [4.69, 9.17) is 0 Å². The Kier molecular flexibility index (Phi) is 4.16. The maximum absolute atomic E-state index is 12.0. The quantitative estimate of drug-likeness (QED) is 0.838. The molecule has 1 aliphatic rings. The van der Waals surface area contributed by atoms with Gasteiger partial charge in [0.05, 0.1) is 18.7 Å². The third-order valence-corrected chi connectivity index (χ3v) is 3.87. The molecule has 0 bridgehead atoms. The van der Waals surface area contributed by atoms with Crippen LogP contribution in [0.15, 0.2) is 35.9 Å². The van der Waals surface area contributed by atoms with Crippen LogP contribution in [0.25, 0.3) is 0 Å². The summed E-state index contributed by atoms with van der Waals surface area (Å²) in [6, 6.07) is 6.43. The third-order valence-electron chi connectivity index (χ3n) is 2.47. The highest BCUT2D eigenvalue weighted by molar-refractivity contribution is 8.02. The van der Waals surface area contributed by atoms with Crippen LogP contribution in [-0.2, 0) is 10.0 Å². The van der Waals surface area contributed by atoms with E-state index >= 15 is 0 Å². The summed E-state index contributed by atoms with van der Waals surface area (Å²) in [5.41, 5.74) is 1.03. The molecule has 0 saturated heterocycles. The van der Waals surface area contributed by atoms with Gasteiger partial charge in [-0.1, -0.05) is 0 Å². The van der Waals surface area contributed by atoms with Gasteiger partial charge in [-0.25, -0.2) is 8.42 Å². The van der Waals surface area contributed by atoms with Crippen LogP contribution in [-0.4, -0.2) is 37.8 Å². The van der Waals surface area contributed by atoms with Gasteiger partial charge >= 0.3 is 0 Å². The van der Waals surface area contributed by atoms with Gasteiger partial charge in [0, 0.05) is 17.5 Å². The van der Waals surface area contributed by atoms with Gasteiger partial charge in [-0.15, -0.1) is 11.8 Å². The summed E-state index contributed by atoms with van der Waals surface area (Å²) in [7, 11) is -3.28. The number of carbonyl (C=O) groups is 1. The number of ketones is 1. The molecule has 19 heavy (non-hydrogen) atoms. The molecule has 0 radical (unpaired) electrons. The molecule has 1 aromatic carbocycles. The van der Waals surface area contributed by atoms with Gasteiger partial charge in [-0.3, -0.25) is 9.52 Å². The second-order valence-corrected chi connectivity index (χ2v) is 6.81. The maximum atomic E-state index is 12.0. The van der Waals surface area contributed by atoms with Gasteiger partial charge in [0.25, 0.3) is 0 Å². The topological polar surface area (TPSA) is 66.5 Å². The predicted octanol–water partition coefficient (Wildman–Crippen LogP) is 1.72. The molecule has 5 nitrogen and oxygen atoms in total. The lowest BCUT2D eigenvalue weighted by atomic mass is 10.1. The van der Waals surface area contributed by atoms with Gasteiger partial charge in [-0.05, 0) is 29.7 Å². The highest BCUT2D eigenvalue weighted by Crippen LogP contribution is 2.16. The molecule has 7 heteroatoms. The fourth-order valence-electron chi connectivity index (χ4n) is 1.62. The molecule has 2 rings (SSSR count). The first-order chi connectivity index (χ1) is 8.94. The van der Waals surface area contributed by atoms with E-state index in [1.54, 1.807) is 36.0 Å². The number of anilines is 1. The van der Waals surface area contributed by atoms with Crippen molar-refractivity contribution in [3.05, 3.63) is 41.4 Å². The predicted molar refractivity (Wildman–Crippen MR) is 77.5 cm³/mol. The van der Waals surface area contributed by atoms with E-state index in [0.717, 1.165) is 12.1 Å². The molecular formula is C12H14N2O3S2. The Balaban J connectivity index is 2.01. The van der Waals surface area contributed by atoms with Crippen LogP contribution in [0, 0.1) is 0 Å². The number of thioether (sulfide) groups is 1. The van der Waals surface area contributed by atoms with Gasteiger partial charge in [0.2, 0.25) is 10.0 Å². The number of nitrogens with zero attached hydrogens (tertiary/aromatic N) is 1. The highest BCUT2D eigenvalue weighted by atomic mass is 32.2. The van der Waals surface area contributed by atoms with Crippen molar-refractivity contribution in [1.82, 2.24) is 4.90 Å². The highest BCUT2D eigenvalue weighted by Gasteiger charge is 2.12. The van der Waals surface area contributed by atoms with E-state index in [0.29, 0.717) is 17.8 Å². The molecule has 0 amide bonds. The second-order valence-electron chi connectivity index (χ2n) is 4.20. The zero-order valence-corrected chi connectivity index (χ0v) is 12.0. The van der Waals surface area contributed by atoms with Crippen molar-refractivity contribution in [3.63, 3.8) is 0 Å². The van der Waals surface area contributed by atoms with E-state index in [9.17, 15) is 13.2 Å². The minimum Gasteiger partial charge on any atom is -0.360 e. The lowest BCUT2D eigenvalue weighted by Crippen LogP contribution is -2.22. The van der Waals surface area contributed by atoms with Gasteiger partial charge in [0.1, 0.15) is 0 Å². The molecule has 1 aromatic rings. The lowest BCUT2D eigenvalue weighted by Gasteiger charge is -2.13. The van der Waals surface area contributed by atoms with Gasteiger partial charge in [0.15, 0.2) is 5.78 Å². The van der Waals surface area contributed by atoms with Crippen LogP contribution in [0.4, 0.5) is 5.69 Å². The van der Waals surface area contributed by atoms with E-state index in [-0.39, 0.29) is 5.78 Å². The van der Waals surface area contributed by atoms with Crippen LogP contribution in [0.2, 0.25) is 0 Å². The van der Waals surface area contributed by atoms with Crippen LogP contribution in [0.3, 0.4) is 0 Å². The summed E-state index contributed by atoms with van der Waals surface area (Å²) >= 11 is 1.64. The molecule has 1 N–H and O–H groups in total. The standard InChI is InChI=1S/C12H14N2O3S2/c1-19(16,17)13-11-4-2-10(3-5-11)12(15)8-14-6-7-18-9-14/h2-7,13H,8-9H2,1H3. The smallest absolute Gasteiger partial charge is 0.229 e. The SMILES string of the molecule is CS(=O)(=O)Nc1ccc(C(=O)CN2C=CSC2)cc1. The van der Waals surface area contributed by atoms with E-state index in [1.807, 2.05) is 16.5 Å². The number of hydrogen-bond acceptors (Lipinski definition) is 5. The van der Waals surface area contributed by atoms with E-state index in [1.165, 1.54) is 0 Å². The largest absolute Gasteiger partial charge is 0.360 e. The number of hydrogen-bond donors (Lipinski definition) is 1. The Bertz CT molecular complexity index is 594. The summed E-state index contributed by atoms with van der Waals surface area (Å²) < 4.78 is 24.5. The molecule has 0 spiro atoms. The molecule has 1 aliphatic heterocycles. The first kappa shape index (κ1) is 14.0. The first-order valence-electron chi connectivity index (χ1n) is 5.57. The minimum absolute atomic E-state index is 0.0121. The molecule has 0 fully saturated rings. The summed E-state index contributed by atoms with van der Waals surface area (Å²) in [5, 5.41) is 1.95. The van der Waals surface area contributed by atoms with Crippen molar-refractivity contribution in [2.75, 3.05) is 23.4 Å². The molecular weight excluding hydrogens is 284 g/mol. The molecule has 0 aromatic heterocycles. The van der Waals surface area contributed by atoms with Crippen LogP contribution >= 0.6 is 11.8 Å². The molecule has 102 valence electrons. The normalized spacial score (nSPS) is 14.7. The van der Waals surface area contributed by atoms with Crippen molar-refractivity contribution in [3.8, 4) is 0 Å². The average molecular weight is 298 g/mol. The number of Topliss-reactive ketones (excluding diaryl/α,β-unsaturated/α-hetero) is 1. The fourth-order valence-corrected chi connectivity index (χ4v) is 2.90. The number of sulfonamides is 1. The molecule has 0 saturated carbocycles. The fraction of sp³-hybridized carbons (Fsp3) is 0.250. The van der Waals surface area contributed by atoms with Crippen LogP contribution in [0.1, 0.15) is 10.4 Å². The molecule has 1 heterocycles. The Hall–Kier alpha value is -1.47. The number of carbonyl (C=O) groups excluding carboxylic acids is 1. The summed E-state index contributed by atoms with van der Waals surface area (Å²) in [6.45, 7) is 0.336. The summed E-state index contributed by atoms with van der Waals surface area (Å²) in [4.78, 5) is 13.9. The summed E-state index contributed by atoms with van der Waals surface area (Å²) in [6.07, 6.45) is 2.98. The van der Waals surface area contributed by atoms with E-state index < -0.39 is 10.0 Å². The Morgan fingerprint density at radius 2 is 2.05 bits per heavy atom. The number of nitrogens with one attached hydrogen (secondary N) is 1. The van der Waals surface area contributed by atoms with Crippen molar-refractivity contribution in [2.24, 2.45) is 0 Å². The van der Waals surface area contributed by atoms with Crippen molar-refractivity contribution < 1.29 is 13.2 Å². The van der Waals surface area contributed by atoms with Crippen LogP contribution in [0.5, 0.6) is 0 Å². The minimum atomic E-state index is -3.28. The summed E-state index contributed by atoms with van der Waals surface area (Å²) in [5.74, 6) is 0.803. The molecule has 0 aliphatic carbocycles. The first-order valence-corrected chi connectivity index (χ1v) is 8.51. The monoisotopic (exact) mass is 298 g/mol. The van der Waals surface area contributed by atoms with Crippen molar-refractivity contribution >= 4 is 33.3 Å². The second kappa shape index (κ2) is 5.66. The van der Waals surface area contributed by atoms with Crippen LogP contribution < -0.4 is 4.72 Å². The zero-order valence-electron chi connectivity index (χ0n) is 10.4. The Labute approximate surface area is 116 Å². The third kappa shape index (κ3) is 4.29. The molecule has 0 unspecified atom stereocenters. The van der Waals surface area contributed by atoms with Gasteiger partial charge < -0.3 is 4.90 Å². The Morgan fingerprint density at radius 3 is 2.58 bits per heavy atom. The lowest BCUT2D eigenvalue weighted by molar-refractivity contribution is 0.0963. The number of benzene rings is 1. The Morgan fingerprint density at radius 1 is 1.37 bits per heavy atom. The maximum Gasteiger partial charge on any atom is 0.229 e. The zero-order chi connectivity index (χ0) is 13.9. The average Bonchev–Trinajstić information content (AvgIpc) is 2.80. The van der Waals surface area contributed by atoms with E-state index in [2.05, 4.69) is 4.72 Å². The van der Waals surface area contributed by atoms with Gasteiger partial charge in [-0.2, -0.15) is 0 Å². The van der Waals surface area contributed by atoms with Crippen molar-refractivity contribution in [1.29, 1.82) is 0 Å². The molecule has 0 atom stereocenters. The number of rotatable bonds is 5.